The van der Waals surface area contributed by atoms with E-state index < -0.39 is 17.4 Å². The number of ketones is 1. The third-order valence-corrected chi connectivity index (χ3v) is 6.16. The zero-order valence-corrected chi connectivity index (χ0v) is 16.8. The molecule has 2 aliphatic heterocycles. The monoisotopic (exact) mass is 418 g/mol. The Labute approximate surface area is 178 Å². The number of anilines is 2. The Bertz CT molecular complexity index is 1160. The molecule has 2 unspecified atom stereocenters. The molecule has 2 heterocycles. The molecule has 0 bridgehead atoms. The zero-order valence-electron chi connectivity index (χ0n) is 16.0. The van der Waals surface area contributed by atoms with Crippen LogP contribution in [0.5, 0.6) is 0 Å². The van der Waals surface area contributed by atoms with Crippen LogP contribution < -0.4 is 10.2 Å². The number of hydrogen-bond acceptors (Lipinski definition) is 4. The van der Waals surface area contributed by atoms with Crippen molar-refractivity contribution in [2.45, 2.75) is 12.1 Å². The molecule has 0 aromatic heterocycles. The van der Waals surface area contributed by atoms with Gasteiger partial charge in [0.15, 0.2) is 11.4 Å². The highest BCUT2D eigenvalue weighted by atomic mass is 35.5. The van der Waals surface area contributed by atoms with Crippen molar-refractivity contribution in [3.63, 3.8) is 0 Å². The van der Waals surface area contributed by atoms with Gasteiger partial charge in [-0.05, 0) is 29.8 Å². The summed E-state index contributed by atoms with van der Waals surface area (Å²) in [5, 5.41) is 15.4. The van der Waals surface area contributed by atoms with E-state index in [-0.39, 0.29) is 12.3 Å². The lowest BCUT2D eigenvalue weighted by Crippen LogP contribution is -2.52. The van der Waals surface area contributed by atoms with Crippen molar-refractivity contribution in [3.05, 3.63) is 94.5 Å². The van der Waals surface area contributed by atoms with Crippen LogP contribution in [-0.2, 0) is 16.9 Å². The van der Waals surface area contributed by atoms with Crippen molar-refractivity contribution in [2.75, 3.05) is 16.8 Å². The summed E-state index contributed by atoms with van der Waals surface area (Å²) >= 11 is 6.09. The van der Waals surface area contributed by atoms with Crippen LogP contribution in [0.25, 0.3) is 0 Å². The maximum absolute atomic E-state index is 13.6. The van der Waals surface area contributed by atoms with E-state index >= 15 is 0 Å². The maximum atomic E-state index is 13.6. The molecule has 2 aliphatic rings. The topological polar surface area (TPSA) is 69.6 Å². The number of Topliss-reactive ketones (excluding diaryl/α,β-unsaturated/α-hetero) is 1. The highest BCUT2D eigenvalue weighted by Gasteiger charge is 2.57. The normalized spacial score (nSPS) is 22.5. The van der Waals surface area contributed by atoms with Crippen LogP contribution >= 0.6 is 11.6 Å². The second kappa shape index (κ2) is 6.97. The van der Waals surface area contributed by atoms with Crippen LogP contribution in [-0.4, -0.2) is 23.3 Å². The molecule has 30 heavy (non-hydrogen) atoms. The van der Waals surface area contributed by atoms with E-state index in [1.165, 1.54) is 0 Å². The summed E-state index contributed by atoms with van der Waals surface area (Å²) in [6.07, 6.45) is 0. The van der Waals surface area contributed by atoms with Gasteiger partial charge < -0.3 is 15.3 Å². The number of aliphatic hydroxyl groups is 1. The summed E-state index contributed by atoms with van der Waals surface area (Å²) in [5.41, 5.74) is 1.11. The fourth-order valence-corrected chi connectivity index (χ4v) is 4.60. The van der Waals surface area contributed by atoms with Crippen molar-refractivity contribution in [2.24, 2.45) is 5.92 Å². The molecule has 0 spiro atoms. The van der Waals surface area contributed by atoms with Gasteiger partial charge in [0, 0.05) is 28.4 Å². The van der Waals surface area contributed by atoms with E-state index in [1.54, 1.807) is 41.3 Å². The van der Waals surface area contributed by atoms with Gasteiger partial charge in [-0.15, -0.1) is 0 Å². The molecule has 6 heteroatoms. The van der Waals surface area contributed by atoms with Gasteiger partial charge >= 0.3 is 0 Å². The van der Waals surface area contributed by atoms with Gasteiger partial charge in [-0.2, -0.15) is 0 Å². The predicted octanol–water partition coefficient (Wildman–Crippen LogP) is 4.00. The largest absolute Gasteiger partial charge is 0.384 e. The second-order valence-electron chi connectivity index (χ2n) is 7.65. The molecule has 150 valence electrons. The van der Waals surface area contributed by atoms with Crippen molar-refractivity contribution < 1.29 is 14.7 Å². The summed E-state index contributed by atoms with van der Waals surface area (Å²) in [5.74, 6) is -1.74. The first kappa shape index (κ1) is 18.9. The van der Waals surface area contributed by atoms with Gasteiger partial charge in [0.05, 0.1) is 18.2 Å². The minimum absolute atomic E-state index is 0.156. The Morgan fingerprint density at radius 3 is 2.57 bits per heavy atom. The standard InChI is InChI=1S/C24H19ClN2O3/c25-16-10-11-20-17(12-16)22(28)19(13-26-20)24(30)18-8-4-5-9-21(18)27(23(24)29)14-15-6-2-1-3-7-15/h1-12,19,26,30H,13-14H2. The molecule has 0 radical (unpaired) electrons. The Kier molecular flexibility index (Phi) is 4.38. The van der Waals surface area contributed by atoms with E-state index in [1.807, 2.05) is 36.4 Å². The number of carbonyl (C=O) groups excluding carboxylic acids is 2. The van der Waals surface area contributed by atoms with Gasteiger partial charge in [-0.3, -0.25) is 9.59 Å². The van der Waals surface area contributed by atoms with E-state index in [2.05, 4.69) is 5.32 Å². The molecule has 5 rings (SSSR count). The van der Waals surface area contributed by atoms with Crippen molar-refractivity contribution in [1.29, 1.82) is 0 Å². The molecule has 0 saturated carbocycles. The zero-order chi connectivity index (χ0) is 20.9. The number of benzene rings is 3. The van der Waals surface area contributed by atoms with Gasteiger partial charge in [0.1, 0.15) is 0 Å². The first-order valence-electron chi connectivity index (χ1n) is 9.75. The third kappa shape index (κ3) is 2.74. The molecule has 0 aliphatic carbocycles. The molecule has 2 N–H and O–H groups in total. The van der Waals surface area contributed by atoms with Crippen LogP contribution in [0.2, 0.25) is 5.02 Å². The SMILES string of the molecule is O=C1c2cc(Cl)ccc2NCC1C1(O)C(=O)N(Cc2ccccc2)c2ccccc21. The lowest BCUT2D eigenvalue weighted by Gasteiger charge is -2.35. The smallest absolute Gasteiger partial charge is 0.264 e. The van der Waals surface area contributed by atoms with Crippen LogP contribution in [0.4, 0.5) is 11.4 Å². The van der Waals surface area contributed by atoms with Crippen LogP contribution in [0.15, 0.2) is 72.8 Å². The molecule has 1 amide bonds. The lowest BCUT2D eigenvalue weighted by molar-refractivity contribution is -0.140. The summed E-state index contributed by atoms with van der Waals surface area (Å²) in [6, 6.07) is 21.7. The minimum Gasteiger partial charge on any atom is -0.384 e. The van der Waals surface area contributed by atoms with Crippen LogP contribution in [0.3, 0.4) is 0 Å². The number of amides is 1. The molecule has 3 aromatic rings. The fraction of sp³-hybridized carbons (Fsp3) is 0.167. The third-order valence-electron chi connectivity index (χ3n) is 5.92. The Morgan fingerprint density at radius 1 is 1.03 bits per heavy atom. The molecule has 5 nitrogen and oxygen atoms in total. The van der Waals surface area contributed by atoms with Gasteiger partial charge in [0.25, 0.3) is 5.91 Å². The summed E-state index contributed by atoms with van der Waals surface area (Å²) in [7, 11) is 0. The average molecular weight is 419 g/mol. The minimum atomic E-state index is -1.95. The van der Waals surface area contributed by atoms with E-state index in [0.29, 0.717) is 34.1 Å². The van der Waals surface area contributed by atoms with Crippen molar-refractivity contribution in [3.8, 4) is 0 Å². The molecular weight excluding hydrogens is 400 g/mol. The van der Waals surface area contributed by atoms with Gasteiger partial charge in [-0.1, -0.05) is 60.1 Å². The number of nitrogens with zero attached hydrogens (tertiary/aromatic N) is 1. The number of rotatable bonds is 3. The van der Waals surface area contributed by atoms with E-state index in [9.17, 15) is 14.7 Å². The number of halogens is 1. The predicted molar refractivity (Wildman–Crippen MR) is 116 cm³/mol. The maximum Gasteiger partial charge on any atom is 0.264 e. The average Bonchev–Trinajstić information content (AvgIpc) is 2.98. The molecule has 3 aromatic carbocycles. The number of para-hydroxylation sites is 1. The summed E-state index contributed by atoms with van der Waals surface area (Å²) < 4.78 is 0. The number of hydrogen-bond donors (Lipinski definition) is 2. The quantitative estimate of drug-likeness (QED) is 0.674. The van der Waals surface area contributed by atoms with Crippen molar-refractivity contribution >= 4 is 34.7 Å². The fourth-order valence-electron chi connectivity index (χ4n) is 4.43. The molecule has 0 fully saturated rings. The lowest BCUT2D eigenvalue weighted by atomic mass is 9.76. The number of nitrogens with one attached hydrogen (secondary N) is 1. The molecule has 2 atom stereocenters. The molecular formula is C24H19ClN2O3. The van der Waals surface area contributed by atoms with Crippen LogP contribution in [0, 0.1) is 5.92 Å². The first-order valence-corrected chi connectivity index (χ1v) is 10.1. The Morgan fingerprint density at radius 2 is 1.77 bits per heavy atom. The summed E-state index contributed by atoms with van der Waals surface area (Å²) in [4.78, 5) is 28.5. The van der Waals surface area contributed by atoms with E-state index in [0.717, 1.165) is 5.56 Å². The first-order chi connectivity index (χ1) is 14.5. The highest BCUT2D eigenvalue weighted by molar-refractivity contribution is 6.31. The van der Waals surface area contributed by atoms with Gasteiger partial charge in [0.2, 0.25) is 0 Å². The second-order valence-corrected chi connectivity index (χ2v) is 8.08. The van der Waals surface area contributed by atoms with E-state index in [4.69, 9.17) is 11.6 Å². The molecule has 0 saturated heterocycles. The number of fused-ring (bicyclic) bond motifs is 2. The van der Waals surface area contributed by atoms with Gasteiger partial charge in [-0.25, -0.2) is 0 Å². The van der Waals surface area contributed by atoms with Crippen LogP contribution in [0.1, 0.15) is 21.5 Å². The van der Waals surface area contributed by atoms with Crippen molar-refractivity contribution in [1.82, 2.24) is 0 Å². The number of carbonyl (C=O) groups is 2. The Hall–Kier alpha value is -3.15. The Balaban J connectivity index is 1.58. The summed E-state index contributed by atoms with van der Waals surface area (Å²) in [6.45, 7) is 0.471. The highest BCUT2D eigenvalue weighted by Crippen LogP contribution is 2.47.